The molecule has 1 unspecified atom stereocenters. The highest BCUT2D eigenvalue weighted by atomic mass is 32.1. The first-order valence-corrected chi connectivity index (χ1v) is 13.2. The van der Waals surface area contributed by atoms with Crippen LogP contribution in [0, 0.1) is 5.92 Å². The molecule has 174 valence electrons. The monoisotopic (exact) mass is 463 g/mol. The molecule has 5 heteroatoms. The lowest BCUT2D eigenvalue weighted by molar-refractivity contribution is 0.103. The van der Waals surface area contributed by atoms with E-state index in [1.807, 2.05) is 30.3 Å². The predicted molar refractivity (Wildman–Crippen MR) is 135 cm³/mol. The van der Waals surface area contributed by atoms with E-state index in [0.29, 0.717) is 18.1 Å². The Morgan fingerprint density at radius 2 is 1.88 bits per heavy atom. The first-order chi connectivity index (χ1) is 16.1. The number of carbonyl (C=O) groups is 1. The Hall–Kier alpha value is -2.37. The molecule has 0 spiro atoms. The van der Waals surface area contributed by atoms with Gasteiger partial charge in [-0.15, -0.1) is 11.3 Å². The van der Waals surface area contributed by atoms with E-state index in [1.165, 1.54) is 30.6 Å². The van der Waals surface area contributed by atoms with Crippen LogP contribution in [0.5, 0.6) is 11.5 Å². The molecule has 1 saturated heterocycles. The van der Waals surface area contributed by atoms with Gasteiger partial charge < -0.3 is 9.84 Å². The Kier molecular flexibility index (Phi) is 6.70. The van der Waals surface area contributed by atoms with Crippen molar-refractivity contribution in [1.29, 1.82) is 0 Å². The summed E-state index contributed by atoms with van der Waals surface area (Å²) in [7, 11) is 0. The summed E-state index contributed by atoms with van der Waals surface area (Å²) in [6, 6.07) is 13.0. The third-order valence-corrected chi connectivity index (χ3v) is 8.52. The van der Waals surface area contributed by atoms with Gasteiger partial charge in [-0.3, -0.25) is 9.69 Å². The summed E-state index contributed by atoms with van der Waals surface area (Å²) in [5.41, 5.74) is 1.53. The van der Waals surface area contributed by atoms with Gasteiger partial charge >= 0.3 is 0 Å². The van der Waals surface area contributed by atoms with Crippen molar-refractivity contribution < 1.29 is 14.6 Å². The number of carbonyl (C=O) groups excluding carboxylic acids is 1. The summed E-state index contributed by atoms with van der Waals surface area (Å²) in [5.74, 6) is 2.36. The van der Waals surface area contributed by atoms with Gasteiger partial charge in [-0.2, -0.15) is 0 Å². The molecule has 1 aliphatic carbocycles. The topological polar surface area (TPSA) is 49.8 Å². The van der Waals surface area contributed by atoms with E-state index in [1.54, 1.807) is 23.5 Å². The zero-order valence-corrected chi connectivity index (χ0v) is 20.2. The molecule has 1 aromatic heterocycles. The number of fused-ring (bicyclic) bond motifs is 1. The smallest absolute Gasteiger partial charge is 0.194 e. The molecule has 33 heavy (non-hydrogen) atoms. The standard InChI is InChI=1S/C28H33NO3S/c1-19-13-14-29(18-19)15-16-32-23-10-7-20(8-11-23)27(31)26-24-12-9-22(30)17-25(24)33-28(26)21-5-3-2-4-6-21/h7-12,17,19,21,30H,2-6,13-16,18H2,1H3. The lowest BCUT2D eigenvalue weighted by Gasteiger charge is -2.21. The largest absolute Gasteiger partial charge is 0.508 e. The number of nitrogens with zero attached hydrogens (tertiary/aromatic N) is 1. The van der Waals surface area contributed by atoms with Crippen molar-refractivity contribution in [2.75, 3.05) is 26.2 Å². The second-order valence-corrected chi connectivity index (χ2v) is 10.8. The minimum atomic E-state index is 0.0742. The number of thiophene rings is 1. The third kappa shape index (κ3) is 4.95. The Morgan fingerprint density at radius 3 is 2.61 bits per heavy atom. The van der Waals surface area contributed by atoms with Crippen LogP contribution in [0.1, 0.15) is 72.2 Å². The quantitative estimate of drug-likeness (QED) is 0.401. The molecule has 2 heterocycles. The summed E-state index contributed by atoms with van der Waals surface area (Å²) < 4.78 is 6.95. The van der Waals surface area contributed by atoms with Crippen LogP contribution < -0.4 is 4.74 Å². The van der Waals surface area contributed by atoms with Gasteiger partial charge in [-0.1, -0.05) is 26.2 Å². The number of phenols is 1. The Bertz CT molecular complexity index is 1110. The number of phenolic OH excluding ortho intramolecular Hbond substituents is 1. The van der Waals surface area contributed by atoms with Crippen LogP contribution in [-0.2, 0) is 0 Å². The Morgan fingerprint density at radius 1 is 1.09 bits per heavy atom. The van der Waals surface area contributed by atoms with Gasteiger partial charge in [0.15, 0.2) is 5.78 Å². The molecule has 2 fully saturated rings. The first kappa shape index (κ1) is 22.4. The van der Waals surface area contributed by atoms with E-state index < -0.39 is 0 Å². The van der Waals surface area contributed by atoms with Crippen LogP contribution >= 0.6 is 11.3 Å². The van der Waals surface area contributed by atoms with Crippen LogP contribution in [0.3, 0.4) is 0 Å². The normalized spacial score (nSPS) is 19.8. The van der Waals surface area contributed by atoms with Crippen LogP contribution in [-0.4, -0.2) is 42.0 Å². The number of hydrogen-bond acceptors (Lipinski definition) is 5. The highest BCUT2D eigenvalue weighted by molar-refractivity contribution is 7.19. The van der Waals surface area contributed by atoms with Crippen LogP contribution in [0.25, 0.3) is 10.1 Å². The molecule has 1 atom stereocenters. The lowest BCUT2D eigenvalue weighted by Crippen LogP contribution is -2.25. The van der Waals surface area contributed by atoms with Crippen molar-refractivity contribution >= 4 is 27.2 Å². The molecule has 5 rings (SSSR count). The van der Waals surface area contributed by atoms with E-state index in [4.69, 9.17) is 4.74 Å². The molecule has 2 aromatic carbocycles. The fourth-order valence-corrected chi connectivity index (χ4v) is 6.76. The zero-order valence-electron chi connectivity index (χ0n) is 19.4. The SMILES string of the molecule is CC1CCN(CCOc2ccc(C(=O)c3c(C4CCCCC4)sc4cc(O)ccc34)cc2)C1. The lowest BCUT2D eigenvalue weighted by atomic mass is 9.85. The van der Waals surface area contributed by atoms with Crippen molar-refractivity contribution in [3.8, 4) is 11.5 Å². The van der Waals surface area contributed by atoms with Gasteiger partial charge in [0.2, 0.25) is 0 Å². The second-order valence-electron chi connectivity index (χ2n) is 9.75. The summed E-state index contributed by atoms with van der Waals surface area (Å²) in [4.78, 5) is 17.3. The summed E-state index contributed by atoms with van der Waals surface area (Å²) >= 11 is 1.68. The van der Waals surface area contributed by atoms with Gasteiger partial charge in [0.1, 0.15) is 18.1 Å². The molecular formula is C28H33NO3S. The zero-order chi connectivity index (χ0) is 22.8. The molecule has 0 bridgehead atoms. The van der Waals surface area contributed by atoms with Gasteiger partial charge in [0.25, 0.3) is 0 Å². The van der Waals surface area contributed by atoms with Crippen molar-refractivity contribution in [1.82, 2.24) is 4.90 Å². The van der Waals surface area contributed by atoms with Crippen LogP contribution in [0.4, 0.5) is 0 Å². The van der Waals surface area contributed by atoms with Crippen molar-refractivity contribution in [2.24, 2.45) is 5.92 Å². The third-order valence-electron chi connectivity index (χ3n) is 7.20. The molecule has 0 amide bonds. The fraction of sp³-hybridized carbons (Fsp3) is 0.464. The molecule has 2 aliphatic rings. The highest BCUT2D eigenvalue weighted by Crippen LogP contribution is 2.44. The van der Waals surface area contributed by atoms with Gasteiger partial charge in [-0.25, -0.2) is 0 Å². The van der Waals surface area contributed by atoms with E-state index in [0.717, 1.165) is 59.8 Å². The number of aromatic hydroxyl groups is 1. The average molecular weight is 464 g/mol. The van der Waals surface area contributed by atoms with Crippen LogP contribution in [0.2, 0.25) is 0 Å². The number of benzene rings is 2. The second kappa shape index (κ2) is 9.86. The van der Waals surface area contributed by atoms with Crippen molar-refractivity contribution in [3.05, 3.63) is 58.5 Å². The van der Waals surface area contributed by atoms with E-state index in [9.17, 15) is 9.90 Å². The van der Waals surface area contributed by atoms with Crippen molar-refractivity contribution in [3.63, 3.8) is 0 Å². The summed E-state index contributed by atoms with van der Waals surface area (Å²) in [5, 5.41) is 10.9. The fourth-order valence-electron chi connectivity index (χ4n) is 5.36. The number of rotatable bonds is 7. The number of ether oxygens (including phenoxy) is 1. The van der Waals surface area contributed by atoms with E-state index in [2.05, 4.69) is 11.8 Å². The first-order valence-electron chi connectivity index (χ1n) is 12.3. The minimum Gasteiger partial charge on any atom is -0.508 e. The molecule has 3 aromatic rings. The maximum Gasteiger partial charge on any atom is 0.194 e. The Balaban J connectivity index is 1.34. The molecular weight excluding hydrogens is 430 g/mol. The minimum absolute atomic E-state index is 0.0742. The number of hydrogen-bond donors (Lipinski definition) is 1. The maximum absolute atomic E-state index is 13.7. The number of likely N-dealkylation sites (tertiary alicyclic amines) is 1. The molecule has 1 saturated carbocycles. The molecule has 1 N–H and O–H groups in total. The molecule has 0 radical (unpaired) electrons. The highest BCUT2D eigenvalue weighted by Gasteiger charge is 2.27. The Labute approximate surface area is 200 Å². The predicted octanol–water partition coefficient (Wildman–Crippen LogP) is 6.61. The molecule has 1 aliphatic heterocycles. The van der Waals surface area contributed by atoms with Crippen molar-refractivity contribution in [2.45, 2.75) is 51.4 Å². The maximum atomic E-state index is 13.7. The van der Waals surface area contributed by atoms with Gasteiger partial charge in [0.05, 0.1) is 0 Å². The van der Waals surface area contributed by atoms with E-state index >= 15 is 0 Å². The molecule has 4 nitrogen and oxygen atoms in total. The van der Waals surface area contributed by atoms with E-state index in [-0.39, 0.29) is 11.5 Å². The van der Waals surface area contributed by atoms with Gasteiger partial charge in [-0.05, 0) is 80.1 Å². The summed E-state index contributed by atoms with van der Waals surface area (Å²) in [6.45, 7) is 6.24. The van der Waals surface area contributed by atoms with Crippen LogP contribution in [0.15, 0.2) is 42.5 Å². The van der Waals surface area contributed by atoms with Gasteiger partial charge in [0, 0.05) is 39.2 Å². The summed E-state index contributed by atoms with van der Waals surface area (Å²) in [6.07, 6.45) is 7.28. The average Bonchev–Trinajstić information content (AvgIpc) is 3.42. The number of ketones is 1.